The van der Waals surface area contributed by atoms with Crippen LogP contribution in [0.5, 0.6) is 0 Å². The molecule has 0 spiro atoms. The lowest BCUT2D eigenvalue weighted by Gasteiger charge is -2.18. The predicted molar refractivity (Wildman–Crippen MR) is 80.3 cm³/mol. The van der Waals surface area contributed by atoms with E-state index in [1.807, 2.05) is 46.1 Å². The Kier molecular flexibility index (Phi) is 2.91. The summed E-state index contributed by atoms with van der Waals surface area (Å²) < 4.78 is 1.82. The molecule has 2 heterocycles. The average molecular weight is 282 g/mol. The molecule has 2 aliphatic rings. The molecule has 1 aliphatic heterocycles. The van der Waals surface area contributed by atoms with Gasteiger partial charge < -0.3 is 10.2 Å². The summed E-state index contributed by atoms with van der Waals surface area (Å²) in [6, 6.07) is 10.3. The van der Waals surface area contributed by atoms with Gasteiger partial charge in [0.1, 0.15) is 6.04 Å². The maximum absolute atomic E-state index is 12.4. The quantitative estimate of drug-likeness (QED) is 0.933. The number of rotatable bonds is 4. The molecule has 1 atom stereocenters. The lowest BCUT2D eigenvalue weighted by molar-refractivity contribution is -0.128. The van der Waals surface area contributed by atoms with Crippen LogP contribution in [0.15, 0.2) is 42.7 Å². The summed E-state index contributed by atoms with van der Waals surface area (Å²) in [5, 5.41) is 7.68. The van der Waals surface area contributed by atoms with Crippen molar-refractivity contribution in [2.45, 2.75) is 31.3 Å². The van der Waals surface area contributed by atoms with Crippen molar-refractivity contribution in [2.75, 3.05) is 11.9 Å². The Morgan fingerprint density at radius 2 is 2.00 bits per heavy atom. The predicted octanol–water partition coefficient (Wildman–Crippen LogP) is 2.05. The minimum atomic E-state index is -0.109. The van der Waals surface area contributed by atoms with Gasteiger partial charge in [0, 0.05) is 25.0 Å². The van der Waals surface area contributed by atoms with Crippen LogP contribution in [0.25, 0.3) is 5.69 Å². The number of aromatic nitrogens is 2. The van der Waals surface area contributed by atoms with E-state index in [1.54, 1.807) is 6.20 Å². The van der Waals surface area contributed by atoms with E-state index in [-0.39, 0.29) is 11.9 Å². The van der Waals surface area contributed by atoms with E-state index in [0.29, 0.717) is 6.04 Å². The van der Waals surface area contributed by atoms with Gasteiger partial charge in [-0.15, -0.1) is 0 Å². The van der Waals surface area contributed by atoms with Crippen LogP contribution in [0.3, 0.4) is 0 Å². The summed E-state index contributed by atoms with van der Waals surface area (Å²) in [6.07, 6.45) is 6.88. The number of hydrogen-bond donors (Lipinski definition) is 1. The molecule has 4 rings (SSSR count). The van der Waals surface area contributed by atoms with E-state index >= 15 is 0 Å². The normalized spacial score (nSPS) is 21.8. The van der Waals surface area contributed by atoms with Crippen LogP contribution in [0.4, 0.5) is 5.69 Å². The maximum Gasteiger partial charge on any atom is 0.245 e. The van der Waals surface area contributed by atoms with Gasteiger partial charge in [-0.1, -0.05) is 12.1 Å². The largest absolute Gasteiger partial charge is 0.372 e. The highest BCUT2D eigenvalue weighted by molar-refractivity contribution is 5.88. The highest BCUT2D eigenvalue weighted by Crippen LogP contribution is 2.32. The van der Waals surface area contributed by atoms with Crippen LogP contribution in [0.1, 0.15) is 19.3 Å². The standard InChI is InChI=1S/C16H18N4O/c21-16-14(8-11-19(16)12-6-7-12)18-13-4-1-2-5-15(13)20-10-3-9-17-20/h1-5,9-10,12,14,18H,6-8,11H2. The minimum Gasteiger partial charge on any atom is -0.372 e. The van der Waals surface area contributed by atoms with E-state index in [9.17, 15) is 4.79 Å². The Balaban J connectivity index is 1.56. The zero-order valence-corrected chi connectivity index (χ0v) is 11.8. The molecule has 2 aromatic rings. The van der Waals surface area contributed by atoms with E-state index in [1.165, 1.54) is 12.8 Å². The van der Waals surface area contributed by atoms with Crippen molar-refractivity contribution in [3.05, 3.63) is 42.7 Å². The van der Waals surface area contributed by atoms with Gasteiger partial charge in [-0.2, -0.15) is 5.10 Å². The molecular formula is C16H18N4O. The average Bonchev–Trinajstić information content (AvgIpc) is 3.07. The molecule has 108 valence electrons. The summed E-state index contributed by atoms with van der Waals surface area (Å²) in [5.74, 6) is 0.243. The van der Waals surface area contributed by atoms with Crippen LogP contribution in [-0.2, 0) is 4.79 Å². The molecule has 5 heteroatoms. The van der Waals surface area contributed by atoms with E-state index in [4.69, 9.17) is 0 Å². The number of carbonyl (C=O) groups is 1. The van der Waals surface area contributed by atoms with Gasteiger partial charge in [0.2, 0.25) is 5.91 Å². The van der Waals surface area contributed by atoms with Gasteiger partial charge in [-0.3, -0.25) is 4.79 Å². The first kappa shape index (κ1) is 12.4. The number of para-hydroxylation sites is 2. The molecule has 1 N–H and O–H groups in total. The molecule has 1 aliphatic carbocycles. The first-order chi connectivity index (χ1) is 10.3. The Morgan fingerprint density at radius 1 is 1.14 bits per heavy atom. The zero-order chi connectivity index (χ0) is 14.2. The summed E-state index contributed by atoms with van der Waals surface area (Å²) in [5.41, 5.74) is 1.93. The minimum absolute atomic E-state index is 0.109. The first-order valence-corrected chi connectivity index (χ1v) is 7.49. The Labute approximate surface area is 123 Å². The van der Waals surface area contributed by atoms with Crippen molar-refractivity contribution >= 4 is 11.6 Å². The van der Waals surface area contributed by atoms with Crippen LogP contribution < -0.4 is 5.32 Å². The molecule has 21 heavy (non-hydrogen) atoms. The molecule has 0 bridgehead atoms. The summed E-state index contributed by atoms with van der Waals surface area (Å²) in [4.78, 5) is 14.5. The molecule has 1 amide bonds. The van der Waals surface area contributed by atoms with E-state index in [2.05, 4.69) is 10.4 Å². The fraction of sp³-hybridized carbons (Fsp3) is 0.375. The third kappa shape index (κ3) is 2.28. The number of nitrogens with one attached hydrogen (secondary N) is 1. The van der Waals surface area contributed by atoms with E-state index in [0.717, 1.165) is 24.3 Å². The van der Waals surface area contributed by atoms with Crippen molar-refractivity contribution in [3.63, 3.8) is 0 Å². The van der Waals surface area contributed by atoms with Crippen LogP contribution in [0.2, 0.25) is 0 Å². The zero-order valence-electron chi connectivity index (χ0n) is 11.8. The molecule has 1 aromatic carbocycles. The monoisotopic (exact) mass is 282 g/mol. The van der Waals surface area contributed by atoms with Crippen LogP contribution in [-0.4, -0.2) is 39.2 Å². The number of carbonyl (C=O) groups excluding carboxylic acids is 1. The molecule has 2 fully saturated rings. The van der Waals surface area contributed by atoms with Gasteiger partial charge in [-0.25, -0.2) is 4.68 Å². The highest BCUT2D eigenvalue weighted by atomic mass is 16.2. The molecular weight excluding hydrogens is 264 g/mol. The first-order valence-electron chi connectivity index (χ1n) is 7.49. The SMILES string of the molecule is O=C1C(Nc2ccccc2-n2cccn2)CCN1C1CC1. The fourth-order valence-corrected chi connectivity index (χ4v) is 2.98. The third-order valence-electron chi connectivity index (χ3n) is 4.21. The molecule has 1 aromatic heterocycles. The van der Waals surface area contributed by atoms with E-state index < -0.39 is 0 Å². The van der Waals surface area contributed by atoms with Crippen molar-refractivity contribution in [1.29, 1.82) is 0 Å². The molecule has 1 saturated carbocycles. The van der Waals surface area contributed by atoms with Crippen molar-refractivity contribution in [3.8, 4) is 5.69 Å². The summed E-state index contributed by atoms with van der Waals surface area (Å²) in [6.45, 7) is 0.880. The number of anilines is 1. The van der Waals surface area contributed by atoms with Crippen molar-refractivity contribution < 1.29 is 4.79 Å². The smallest absolute Gasteiger partial charge is 0.245 e. The number of hydrogen-bond acceptors (Lipinski definition) is 3. The van der Waals surface area contributed by atoms with Crippen molar-refractivity contribution in [2.24, 2.45) is 0 Å². The van der Waals surface area contributed by atoms with Gasteiger partial charge in [0.05, 0.1) is 11.4 Å². The number of likely N-dealkylation sites (tertiary alicyclic amines) is 1. The second-order valence-electron chi connectivity index (χ2n) is 5.72. The van der Waals surface area contributed by atoms with Crippen LogP contribution >= 0.6 is 0 Å². The fourth-order valence-electron chi connectivity index (χ4n) is 2.98. The third-order valence-corrected chi connectivity index (χ3v) is 4.21. The summed E-state index contributed by atoms with van der Waals surface area (Å²) >= 11 is 0. The molecule has 0 radical (unpaired) electrons. The molecule has 5 nitrogen and oxygen atoms in total. The lowest BCUT2D eigenvalue weighted by Crippen LogP contribution is -2.35. The van der Waals surface area contributed by atoms with Gasteiger partial charge in [-0.05, 0) is 37.5 Å². The van der Waals surface area contributed by atoms with Gasteiger partial charge in [0.15, 0.2) is 0 Å². The van der Waals surface area contributed by atoms with Crippen molar-refractivity contribution in [1.82, 2.24) is 14.7 Å². The Morgan fingerprint density at radius 3 is 2.76 bits per heavy atom. The topological polar surface area (TPSA) is 50.2 Å². The Hall–Kier alpha value is -2.30. The van der Waals surface area contributed by atoms with Gasteiger partial charge in [0.25, 0.3) is 0 Å². The molecule has 1 unspecified atom stereocenters. The summed E-state index contributed by atoms with van der Waals surface area (Å²) in [7, 11) is 0. The van der Waals surface area contributed by atoms with Crippen LogP contribution in [0, 0.1) is 0 Å². The number of amides is 1. The van der Waals surface area contributed by atoms with Gasteiger partial charge >= 0.3 is 0 Å². The second kappa shape index (κ2) is 4.91. The number of nitrogens with zero attached hydrogens (tertiary/aromatic N) is 3. The number of benzene rings is 1. The Bertz CT molecular complexity index is 648. The second-order valence-corrected chi connectivity index (χ2v) is 5.72. The lowest BCUT2D eigenvalue weighted by atomic mass is 10.2. The highest BCUT2D eigenvalue weighted by Gasteiger charge is 2.40. The maximum atomic E-state index is 12.4. The molecule has 1 saturated heterocycles.